The Morgan fingerprint density at radius 1 is 0.950 bits per heavy atom. The first-order valence-corrected chi connectivity index (χ1v) is 6.98. The molecule has 1 unspecified atom stereocenters. The molecule has 0 radical (unpaired) electrons. The highest BCUT2D eigenvalue weighted by molar-refractivity contribution is 5.36. The van der Waals surface area contributed by atoms with Gasteiger partial charge in [-0.15, -0.1) is 0 Å². The maximum Gasteiger partial charge on any atom is 0.131 e. The number of hydrogen-bond donors (Lipinski definition) is 1. The summed E-state index contributed by atoms with van der Waals surface area (Å²) in [6, 6.07) is 17.5. The van der Waals surface area contributed by atoms with Crippen LogP contribution in [0.4, 0.5) is 0 Å². The quantitative estimate of drug-likeness (QED) is 0.829. The topological polar surface area (TPSA) is 30.5 Å². The molecule has 2 aromatic rings. The van der Waals surface area contributed by atoms with Gasteiger partial charge >= 0.3 is 0 Å². The number of nitrogens with one attached hydrogen (secondary N) is 1. The molecule has 0 spiro atoms. The first-order chi connectivity index (χ1) is 9.78. The van der Waals surface area contributed by atoms with Gasteiger partial charge in [0.25, 0.3) is 0 Å². The molecule has 0 fully saturated rings. The van der Waals surface area contributed by atoms with Gasteiger partial charge in [-0.1, -0.05) is 31.2 Å². The first kappa shape index (κ1) is 14.4. The van der Waals surface area contributed by atoms with Crippen molar-refractivity contribution in [1.29, 1.82) is 0 Å². The zero-order valence-corrected chi connectivity index (χ0v) is 12.0. The monoisotopic (exact) mass is 271 g/mol. The second kappa shape index (κ2) is 7.56. The van der Waals surface area contributed by atoms with Crippen molar-refractivity contribution in [3.8, 4) is 17.2 Å². The van der Waals surface area contributed by atoms with E-state index in [9.17, 15) is 0 Å². The number of rotatable bonds is 7. The SMILES string of the molecule is CCNCC(C)Oc1cccc(Oc2ccccc2)c1. The third kappa shape index (κ3) is 4.59. The molecule has 2 rings (SSSR count). The summed E-state index contributed by atoms with van der Waals surface area (Å²) in [7, 11) is 0. The van der Waals surface area contributed by atoms with Crippen molar-refractivity contribution in [2.45, 2.75) is 20.0 Å². The summed E-state index contributed by atoms with van der Waals surface area (Å²) in [5.74, 6) is 2.43. The fourth-order valence-corrected chi connectivity index (χ4v) is 1.86. The average Bonchev–Trinajstić information content (AvgIpc) is 2.46. The lowest BCUT2D eigenvalue weighted by molar-refractivity contribution is 0.217. The van der Waals surface area contributed by atoms with E-state index in [-0.39, 0.29) is 6.10 Å². The molecule has 3 heteroatoms. The number of benzene rings is 2. The van der Waals surface area contributed by atoms with E-state index < -0.39 is 0 Å². The van der Waals surface area contributed by atoms with Crippen LogP contribution in [0.1, 0.15) is 13.8 Å². The lowest BCUT2D eigenvalue weighted by atomic mass is 10.3. The van der Waals surface area contributed by atoms with Gasteiger partial charge in [0.15, 0.2) is 0 Å². The second-order valence-corrected chi connectivity index (χ2v) is 4.63. The minimum absolute atomic E-state index is 0.127. The largest absolute Gasteiger partial charge is 0.489 e. The van der Waals surface area contributed by atoms with Crippen LogP contribution in [0.5, 0.6) is 17.2 Å². The van der Waals surface area contributed by atoms with Crippen molar-refractivity contribution in [2.24, 2.45) is 0 Å². The van der Waals surface area contributed by atoms with Crippen molar-refractivity contribution in [2.75, 3.05) is 13.1 Å². The highest BCUT2D eigenvalue weighted by atomic mass is 16.5. The Bertz CT molecular complexity index is 513. The lowest BCUT2D eigenvalue weighted by Gasteiger charge is -2.15. The molecule has 0 aliphatic rings. The zero-order valence-electron chi connectivity index (χ0n) is 12.0. The van der Waals surface area contributed by atoms with Crippen LogP contribution in [0, 0.1) is 0 Å². The van der Waals surface area contributed by atoms with Gasteiger partial charge in [0, 0.05) is 12.6 Å². The molecule has 106 valence electrons. The molecule has 20 heavy (non-hydrogen) atoms. The van der Waals surface area contributed by atoms with Crippen LogP contribution in [0.2, 0.25) is 0 Å². The Labute approximate surface area is 120 Å². The summed E-state index contributed by atoms with van der Waals surface area (Å²) in [5, 5.41) is 3.27. The Balaban J connectivity index is 1.97. The van der Waals surface area contributed by atoms with E-state index in [4.69, 9.17) is 9.47 Å². The molecular weight excluding hydrogens is 250 g/mol. The molecule has 1 atom stereocenters. The minimum Gasteiger partial charge on any atom is -0.489 e. The van der Waals surface area contributed by atoms with E-state index in [0.717, 1.165) is 30.3 Å². The smallest absolute Gasteiger partial charge is 0.131 e. The second-order valence-electron chi connectivity index (χ2n) is 4.63. The van der Waals surface area contributed by atoms with E-state index in [2.05, 4.69) is 12.2 Å². The van der Waals surface area contributed by atoms with Gasteiger partial charge in [-0.3, -0.25) is 0 Å². The Morgan fingerprint density at radius 3 is 2.40 bits per heavy atom. The van der Waals surface area contributed by atoms with Crippen molar-refractivity contribution in [3.63, 3.8) is 0 Å². The van der Waals surface area contributed by atoms with Crippen LogP contribution < -0.4 is 14.8 Å². The van der Waals surface area contributed by atoms with E-state index in [1.165, 1.54) is 0 Å². The number of hydrogen-bond acceptors (Lipinski definition) is 3. The molecule has 0 aliphatic carbocycles. The first-order valence-electron chi connectivity index (χ1n) is 6.98. The normalized spacial score (nSPS) is 11.9. The highest BCUT2D eigenvalue weighted by Gasteiger charge is 2.04. The van der Waals surface area contributed by atoms with Crippen LogP contribution in [-0.2, 0) is 0 Å². The van der Waals surface area contributed by atoms with Gasteiger partial charge in [0.1, 0.15) is 23.4 Å². The van der Waals surface area contributed by atoms with E-state index >= 15 is 0 Å². The third-order valence-corrected chi connectivity index (χ3v) is 2.80. The lowest BCUT2D eigenvalue weighted by Crippen LogP contribution is -2.28. The van der Waals surface area contributed by atoms with Crippen LogP contribution in [0.3, 0.4) is 0 Å². The van der Waals surface area contributed by atoms with Gasteiger partial charge in [-0.05, 0) is 37.7 Å². The van der Waals surface area contributed by atoms with Crippen molar-refractivity contribution in [1.82, 2.24) is 5.32 Å². The molecule has 0 aromatic heterocycles. The number of likely N-dealkylation sites (N-methyl/N-ethyl adjacent to an activating group) is 1. The summed E-state index contributed by atoms with van der Waals surface area (Å²) in [6.45, 7) is 5.92. The molecule has 2 aromatic carbocycles. The summed E-state index contributed by atoms with van der Waals surface area (Å²) in [4.78, 5) is 0. The number of para-hydroxylation sites is 1. The molecule has 0 saturated carbocycles. The molecule has 3 nitrogen and oxygen atoms in total. The fraction of sp³-hybridized carbons (Fsp3) is 0.294. The summed E-state index contributed by atoms with van der Waals surface area (Å²) >= 11 is 0. The Kier molecular flexibility index (Phi) is 5.44. The minimum atomic E-state index is 0.127. The summed E-state index contributed by atoms with van der Waals surface area (Å²) in [5.41, 5.74) is 0. The highest BCUT2D eigenvalue weighted by Crippen LogP contribution is 2.25. The molecule has 0 saturated heterocycles. The molecule has 0 aliphatic heterocycles. The standard InChI is InChI=1S/C17H21NO2/c1-3-18-13-14(2)19-16-10-7-11-17(12-16)20-15-8-5-4-6-9-15/h4-12,14,18H,3,13H2,1-2H3. The fourth-order valence-electron chi connectivity index (χ4n) is 1.86. The molecule has 0 bridgehead atoms. The predicted molar refractivity (Wildman–Crippen MR) is 81.6 cm³/mol. The maximum absolute atomic E-state index is 5.85. The molecule has 0 heterocycles. The van der Waals surface area contributed by atoms with Crippen LogP contribution >= 0.6 is 0 Å². The van der Waals surface area contributed by atoms with Crippen molar-refractivity contribution < 1.29 is 9.47 Å². The van der Waals surface area contributed by atoms with Crippen LogP contribution in [-0.4, -0.2) is 19.2 Å². The summed E-state index contributed by atoms with van der Waals surface area (Å²) < 4.78 is 11.6. The third-order valence-electron chi connectivity index (χ3n) is 2.80. The van der Waals surface area contributed by atoms with Crippen LogP contribution in [0.15, 0.2) is 54.6 Å². The van der Waals surface area contributed by atoms with E-state index in [1.807, 2.05) is 61.5 Å². The van der Waals surface area contributed by atoms with Crippen LogP contribution in [0.25, 0.3) is 0 Å². The van der Waals surface area contributed by atoms with E-state index in [1.54, 1.807) is 0 Å². The molecular formula is C17H21NO2. The van der Waals surface area contributed by atoms with E-state index in [0.29, 0.717) is 0 Å². The van der Waals surface area contributed by atoms with Crippen molar-refractivity contribution in [3.05, 3.63) is 54.6 Å². The molecule has 1 N–H and O–H groups in total. The van der Waals surface area contributed by atoms with Gasteiger partial charge in [-0.25, -0.2) is 0 Å². The summed E-state index contributed by atoms with van der Waals surface area (Å²) in [6.07, 6.45) is 0.127. The van der Waals surface area contributed by atoms with Gasteiger partial charge in [0.2, 0.25) is 0 Å². The van der Waals surface area contributed by atoms with Gasteiger partial charge in [0.05, 0.1) is 0 Å². The Morgan fingerprint density at radius 2 is 1.65 bits per heavy atom. The Hall–Kier alpha value is -2.00. The van der Waals surface area contributed by atoms with Gasteiger partial charge in [-0.2, -0.15) is 0 Å². The number of ether oxygens (including phenoxy) is 2. The maximum atomic E-state index is 5.85. The average molecular weight is 271 g/mol. The molecule has 0 amide bonds. The zero-order chi connectivity index (χ0) is 14.2. The predicted octanol–water partition coefficient (Wildman–Crippen LogP) is 3.86. The van der Waals surface area contributed by atoms with Gasteiger partial charge < -0.3 is 14.8 Å². The van der Waals surface area contributed by atoms with Crippen molar-refractivity contribution >= 4 is 0 Å².